The van der Waals surface area contributed by atoms with Crippen molar-refractivity contribution in [3.8, 4) is 0 Å². The number of carbonyl (C=O) groups is 2. The standard InChI is InChI=1S/C11H18N2O2S/c1-11(2,16)4-10(15)13-5-7-3-9(14)12-8(7)6-13/h7-8,16H,3-6H2,1-2H3,(H,12,14). The lowest BCUT2D eigenvalue weighted by Gasteiger charge is -2.22. The smallest absolute Gasteiger partial charge is 0.224 e. The molecule has 16 heavy (non-hydrogen) atoms. The fraction of sp³-hybridized carbons (Fsp3) is 0.818. The molecule has 0 aromatic carbocycles. The van der Waals surface area contributed by atoms with Crippen molar-refractivity contribution >= 4 is 24.4 Å². The number of hydrogen-bond donors (Lipinski definition) is 2. The Labute approximate surface area is 101 Å². The molecule has 2 fully saturated rings. The second-order valence-corrected chi connectivity index (χ2v) is 6.64. The average molecular weight is 242 g/mol. The van der Waals surface area contributed by atoms with Crippen LogP contribution >= 0.6 is 12.6 Å². The Bertz CT molecular complexity index is 308. The van der Waals surface area contributed by atoms with Crippen LogP contribution in [0.15, 0.2) is 0 Å². The minimum atomic E-state index is -0.266. The average Bonchev–Trinajstić information content (AvgIpc) is 2.56. The van der Waals surface area contributed by atoms with Gasteiger partial charge >= 0.3 is 0 Å². The predicted molar refractivity (Wildman–Crippen MR) is 64.3 cm³/mol. The van der Waals surface area contributed by atoms with Crippen LogP contribution in [-0.4, -0.2) is 40.6 Å². The second kappa shape index (κ2) is 3.95. The summed E-state index contributed by atoms with van der Waals surface area (Å²) in [5.41, 5.74) is 0. The highest BCUT2D eigenvalue weighted by Crippen LogP contribution is 2.27. The van der Waals surface area contributed by atoms with Gasteiger partial charge in [0.2, 0.25) is 11.8 Å². The summed E-state index contributed by atoms with van der Waals surface area (Å²) in [7, 11) is 0. The molecule has 2 atom stereocenters. The number of nitrogens with one attached hydrogen (secondary N) is 1. The minimum absolute atomic E-state index is 0.122. The van der Waals surface area contributed by atoms with Gasteiger partial charge in [-0.25, -0.2) is 0 Å². The molecule has 0 saturated carbocycles. The van der Waals surface area contributed by atoms with Crippen molar-refractivity contribution in [3.05, 3.63) is 0 Å². The molecule has 90 valence electrons. The van der Waals surface area contributed by atoms with Crippen LogP contribution in [0.2, 0.25) is 0 Å². The summed E-state index contributed by atoms with van der Waals surface area (Å²) in [6.45, 7) is 5.25. The van der Waals surface area contributed by atoms with E-state index in [4.69, 9.17) is 0 Å². The van der Waals surface area contributed by atoms with Gasteiger partial charge in [0.05, 0.1) is 6.04 Å². The van der Waals surface area contributed by atoms with E-state index in [9.17, 15) is 9.59 Å². The first-order valence-electron chi connectivity index (χ1n) is 5.65. The van der Waals surface area contributed by atoms with Gasteiger partial charge in [0.1, 0.15) is 0 Å². The van der Waals surface area contributed by atoms with Crippen LogP contribution in [0.4, 0.5) is 0 Å². The third-order valence-electron chi connectivity index (χ3n) is 3.17. The first-order valence-corrected chi connectivity index (χ1v) is 6.09. The molecule has 2 aliphatic heterocycles. The van der Waals surface area contributed by atoms with Crippen LogP contribution in [0.3, 0.4) is 0 Å². The third kappa shape index (κ3) is 2.51. The van der Waals surface area contributed by atoms with Crippen LogP contribution in [0.1, 0.15) is 26.7 Å². The highest BCUT2D eigenvalue weighted by atomic mass is 32.1. The summed E-state index contributed by atoms with van der Waals surface area (Å²) in [5.74, 6) is 0.583. The Morgan fingerprint density at radius 3 is 2.81 bits per heavy atom. The topological polar surface area (TPSA) is 49.4 Å². The minimum Gasteiger partial charge on any atom is -0.351 e. The van der Waals surface area contributed by atoms with Crippen molar-refractivity contribution in [2.45, 2.75) is 37.5 Å². The summed E-state index contributed by atoms with van der Waals surface area (Å²) in [4.78, 5) is 24.9. The Kier molecular flexibility index (Phi) is 2.90. The molecule has 2 rings (SSSR count). The van der Waals surface area contributed by atoms with E-state index in [0.29, 0.717) is 31.8 Å². The van der Waals surface area contributed by atoms with Gasteiger partial charge in [0, 0.05) is 36.6 Å². The zero-order chi connectivity index (χ0) is 11.9. The fourth-order valence-corrected chi connectivity index (χ4v) is 2.57. The third-order valence-corrected chi connectivity index (χ3v) is 3.33. The maximum atomic E-state index is 11.9. The van der Waals surface area contributed by atoms with Crippen LogP contribution in [0, 0.1) is 5.92 Å². The molecular weight excluding hydrogens is 224 g/mol. The van der Waals surface area contributed by atoms with Crippen molar-refractivity contribution < 1.29 is 9.59 Å². The zero-order valence-corrected chi connectivity index (χ0v) is 10.6. The van der Waals surface area contributed by atoms with Gasteiger partial charge in [0.25, 0.3) is 0 Å². The molecule has 2 aliphatic rings. The maximum Gasteiger partial charge on any atom is 0.224 e. The van der Waals surface area contributed by atoms with Gasteiger partial charge in [-0.3, -0.25) is 9.59 Å². The lowest BCUT2D eigenvalue weighted by molar-refractivity contribution is -0.131. The number of fused-ring (bicyclic) bond motifs is 1. The number of carbonyl (C=O) groups excluding carboxylic acids is 2. The molecule has 0 aliphatic carbocycles. The molecule has 5 heteroatoms. The van der Waals surface area contributed by atoms with Crippen LogP contribution < -0.4 is 5.32 Å². The molecule has 0 bridgehead atoms. The van der Waals surface area contributed by atoms with E-state index in [1.807, 2.05) is 18.7 Å². The van der Waals surface area contributed by atoms with E-state index in [0.717, 1.165) is 0 Å². The van der Waals surface area contributed by atoms with E-state index in [1.54, 1.807) is 0 Å². The first kappa shape index (κ1) is 11.8. The Morgan fingerprint density at radius 2 is 2.25 bits per heavy atom. The number of likely N-dealkylation sites (tertiary alicyclic amines) is 1. The van der Waals surface area contributed by atoms with Gasteiger partial charge in [-0.1, -0.05) is 13.8 Å². The number of hydrogen-bond acceptors (Lipinski definition) is 3. The van der Waals surface area contributed by atoms with E-state index in [1.165, 1.54) is 0 Å². The number of thiol groups is 1. The molecule has 1 N–H and O–H groups in total. The van der Waals surface area contributed by atoms with E-state index in [-0.39, 0.29) is 22.6 Å². The highest BCUT2D eigenvalue weighted by Gasteiger charge is 2.41. The first-order chi connectivity index (χ1) is 7.35. The molecular formula is C11H18N2O2S. The van der Waals surface area contributed by atoms with Crippen LogP contribution in [-0.2, 0) is 9.59 Å². The molecule has 0 aromatic rings. The van der Waals surface area contributed by atoms with Gasteiger partial charge in [-0.15, -0.1) is 0 Å². The van der Waals surface area contributed by atoms with E-state index < -0.39 is 0 Å². The molecule has 4 nitrogen and oxygen atoms in total. The summed E-state index contributed by atoms with van der Waals surface area (Å²) in [6, 6.07) is 0.180. The number of rotatable bonds is 2. The summed E-state index contributed by atoms with van der Waals surface area (Å²) in [5, 5.41) is 2.91. The predicted octanol–water partition coefficient (Wildman–Crippen LogP) is 0.432. The fourth-order valence-electron chi connectivity index (χ4n) is 2.43. The van der Waals surface area contributed by atoms with Crippen molar-refractivity contribution in [1.29, 1.82) is 0 Å². The Morgan fingerprint density at radius 1 is 1.56 bits per heavy atom. The quantitative estimate of drug-likeness (QED) is 0.690. The second-order valence-electron chi connectivity index (χ2n) is 5.43. The molecule has 2 heterocycles. The van der Waals surface area contributed by atoms with Crippen molar-refractivity contribution in [2.24, 2.45) is 5.92 Å². The van der Waals surface area contributed by atoms with Crippen molar-refractivity contribution in [3.63, 3.8) is 0 Å². The molecule has 0 spiro atoms. The van der Waals surface area contributed by atoms with Gasteiger partial charge in [0.15, 0.2) is 0 Å². The summed E-state index contributed by atoms with van der Waals surface area (Å²) < 4.78 is -0.266. The van der Waals surface area contributed by atoms with Crippen molar-refractivity contribution in [1.82, 2.24) is 10.2 Å². The van der Waals surface area contributed by atoms with Crippen LogP contribution in [0.5, 0.6) is 0 Å². The number of nitrogens with zero attached hydrogens (tertiary/aromatic N) is 1. The monoisotopic (exact) mass is 242 g/mol. The van der Waals surface area contributed by atoms with Gasteiger partial charge in [-0.05, 0) is 0 Å². The Balaban J connectivity index is 1.90. The van der Waals surface area contributed by atoms with Crippen LogP contribution in [0.25, 0.3) is 0 Å². The molecule has 0 radical (unpaired) electrons. The molecule has 0 aromatic heterocycles. The summed E-state index contributed by atoms with van der Waals surface area (Å²) >= 11 is 4.37. The lowest BCUT2D eigenvalue weighted by atomic mass is 10.1. The SMILES string of the molecule is CC(C)(S)CC(=O)N1CC2CC(=O)NC2C1. The summed E-state index contributed by atoms with van der Waals surface area (Å²) in [6.07, 6.45) is 1.02. The van der Waals surface area contributed by atoms with E-state index in [2.05, 4.69) is 17.9 Å². The molecule has 2 saturated heterocycles. The zero-order valence-electron chi connectivity index (χ0n) is 9.69. The highest BCUT2D eigenvalue weighted by molar-refractivity contribution is 7.81. The van der Waals surface area contributed by atoms with Crippen molar-refractivity contribution in [2.75, 3.05) is 13.1 Å². The molecule has 2 unspecified atom stereocenters. The number of amides is 2. The van der Waals surface area contributed by atoms with Gasteiger partial charge in [-0.2, -0.15) is 12.6 Å². The van der Waals surface area contributed by atoms with E-state index >= 15 is 0 Å². The largest absolute Gasteiger partial charge is 0.351 e. The maximum absolute atomic E-state index is 11.9. The molecule has 2 amide bonds. The lowest BCUT2D eigenvalue weighted by Crippen LogP contribution is -2.37. The Hall–Kier alpha value is -0.710. The normalized spacial score (nSPS) is 29.2. The van der Waals surface area contributed by atoms with Gasteiger partial charge < -0.3 is 10.2 Å².